The van der Waals surface area contributed by atoms with Gasteiger partial charge in [-0.25, -0.2) is 4.98 Å². The fourth-order valence-electron chi connectivity index (χ4n) is 3.55. The summed E-state index contributed by atoms with van der Waals surface area (Å²) in [6.07, 6.45) is 8.57. The molecular weight excluding hydrogens is 274 g/mol. The highest BCUT2D eigenvalue weighted by Gasteiger charge is 2.24. The lowest BCUT2D eigenvalue weighted by Crippen LogP contribution is -2.31. The number of hydrogen-bond donors (Lipinski definition) is 1. The van der Waals surface area contributed by atoms with Gasteiger partial charge in [0.15, 0.2) is 0 Å². The average molecular weight is 301 g/mol. The third kappa shape index (κ3) is 3.68. The summed E-state index contributed by atoms with van der Waals surface area (Å²) >= 11 is 0. The lowest BCUT2D eigenvalue weighted by Gasteiger charge is -2.32. The lowest BCUT2D eigenvalue weighted by molar-refractivity contribution is -0.0533. The molecule has 3 heterocycles. The molecule has 0 aliphatic carbocycles. The van der Waals surface area contributed by atoms with Crippen LogP contribution in [0.15, 0.2) is 30.6 Å². The standard InChI is InChI=1S/C18H27N3O/c1-13-10-16(11-14(2)22-13)7-8-19-15(3)17-12-21-9-5-4-6-18(21)20-17/h4-6,9,12-16,19H,7-8,10-11H2,1-3H3. The van der Waals surface area contributed by atoms with Crippen LogP contribution >= 0.6 is 0 Å². The minimum atomic E-state index is 0.287. The highest BCUT2D eigenvalue weighted by Crippen LogP contribution is 2.27. The predicted molar refractivity (Wildman–Crippen MR) is 89.0 cm³/mol. The van der Waals surface area contributed by atoms with Crippen molar-refractivity contribution < 1.29 is 4.74 Å². The van der Waals surface area contributed by atoms with E-state index in [1.165, 1.54) is 19.3 Å². The molecule has 0 aromatic carbocycles. The number of hydrogen-bond acceptors (Lipinski definition) is 3. The number of pyridine rings is 1. The smallest absolute Gasteiger partial charge is 0.137 e. The van der Waals surface area contributed by atoms with E-state index in [4.69, 9.17) is 4.74 Å². The number of nitrogens with one attached hydrogen (secondary N) is 1. The van der Waals surface area contributed by atoms with Crippen molar-refractivity contribution in [2.75, 3.05) is 6.54 Å². The quantitative estimate of drug-likeness (QED) is 0.917. The number of fused-ring (bicyclic) bond motifs is 1. The number of rotatable bonds is 5. The summed E-state index contributed by atoms with van der Waals surface area (Å²) in [7, 11) is 0. The molecule has 4 nitrogen and oxygen atoms in total. The number of aromatic nitrogens is 2. The largest absolute Gasteiger partial charge is 0.376 e. The molecule has 1 saturated heterocycles. The van der Waals surface area contributed by atoms with E-state index in [-0.39, 0.29) is 6.04 Å². The van der Waals surface area contributed by atoms with Gasteiger partial charge in [-0.3, -0.25) is 0 Å². The Morgan fingerprint density at radius 2 is 2.09 bits per heavy atom. The van der Waals surface area contributed by atoms with Crippen molar-refractivity contribution in [2.45, 2.75) is 58.3 Å². The summed E-state index contributed by atoms with van der Waals surface area (Å²) in [5, 5.41) is 3.62. The maximum Gasteiger partial charge on any atom is 0.137 e. The van der Waals surface area contributed by atoms with Crippen LogP contribution in [-0.4, -0.2) is 28.1 Å². The van der Waals surface area contributed by atoms with E-state index < -0.39 is 0 Å². The van der Waals surface area contributed by atoms with Gasteiger partial charge in [0.1, 0.15) is 5.65 Å². The van der Waals surface area contributed by atoms with Crippen LogP contribution in [0.3, 0.4) is 0 Å². The van der Waals surface area contributed by atoms with Crippen LogP contribution < -0.4 is 5.32 Å². The zero-order chi connectivity index (χ0) is 15.5. The Hall–Kier alpha value is -1.39. The summed E-state index contributed by atoms with van der Waals surface area (Å²) in [5.74, 6) is 0.777. The fraction of sp³-hybridized carbons (Fsp3) is 0.611. The molecule has 1 N–H and O–H groups in total. The molecule has 2 aromatic rings. The number of nitrogens with zero attached hydrogens (tertiary/aromatic N) is 2. The molecule has 22 heavy (non-hydrogen) atoms. The third-order valence-corrected chi connectivity index (χ3v) is 4.62. The van der Waals surface area contributed by atoms with Gasteiger partial charge in [0.2, 0.25) is 0 Å². The summed E-state index contributed by atoms with van der Waals surface area (Å²) in [5.41, 5.74) is 2.12. The first-order valence-corrected chi connectivity index (χ1v) is 8.44. The van der Waals surface area contributed by atoms with Crippen molar-refractivity contribution in [1.82, 2.24) is 14.7 Å². The summed E-state index contributed by atoms with van der Waals surface area (Å²) in [6.45, 7) is 7.61. The first-order valence-electron chi connectivity index (χ1n) is 8.44. The summed E-state index contributed by atoms with van der Waals surface area (Å²) in [6, 6.07) is 6.39. The molecule has 3 unspecified atom stereocenters. The minimum absolute atomic E-state index is 0.287. The zero-order valence-electron chi connectivity index (χ0n) is 13.8. The predicted octanol–water partition coefficient (Wildman–Crippen LogP) is 3.58. The molecule has 3 rings (SSSR count). The third-order valence-electron chi connectivity index (χ3n) is 4.62. The molecule has 1 aliphatic heterocycles. The van der Waals surface area contributed by atoms with Gasteiger partial charge in [0, 0.05) is 18.4 Å². The van der Waals surface area contributed by atoms with E-state index in [2.05, 4.69) is 41.7 Å². The highest BCUT2D eigenvalue weighted by molar-refractivity contribution is 5.39. The Balaban J connectivity index is 1.50. The van der Waals surface area contributed by atoms with Crippen LogP contribution in [0.4, 0.5) is 0 Å². The SMILES string of the molecule is CC1CC(CCNC(C)c2cn3ccccc3n2)CC(C)O1. The Bertz CT molecular complexity index is 566. The van der Waals surface area contributed by atoms with Gasteiger partial charge in [0.25, 0.3) is 0 Å². The Kier molecular flexibility index (Phi) is 4.79. The molecule has 120 valence electrons. The van der Waals surface area contributed by atoms with Crippen molar-refractivity contribution in [3.05, 3.63) is 36.3 Å². The Morgan fingerprint density at radius 3 is 2.82 bits per heavy atom. The van der Waals surface area contributed by atoms with Gasteiger partial charge >= 0.3 is 0 Å². The van der Waals surface area contributed by atoms with E-state index >= 15 is 0 Å². The molecule has 0 spiro atoms. The average Bonchev–Trinajstić information content (AvgIpc) is 2.90. The number of imidazole rings is 1. The summed E-state index contributed by atoms with van der Waals surface area (Å²) in [4.78, 5) is 4.68. The normalized spacial score (nSPS) is 27.1. The summed E-state index contributed by atoms with van der Waals surface area (Å²) < 4.78 is 7.89. The van der Waals surface area contributed by atoms with E-state index in [1.807, 2.05) is 24.4 Å². The van der Waals surface area contributed by atoms with Crippen molar-refractivity contribution in [1.29, 1.82) is 0 Å². The lowest BCUT2D eigenvalue weighted by atomic mass is 9.90. The van der Waals surface area contributed by atoms with Gasteiger partial charge in [-0.15, -0.1) is 0 Å². The first kappa shape index (κ1) is 15.5. The van der Waals surface area contributed by atoms with Gasteiger partial charge in [-0.05, 0) is 64.6 Å². The Morgan fingerprint density at radius 1 is 1.32 bits per heavy atom. The van der Waals surface area contributed by atoms with E-state index in [0.29, 0.717) is 12.2 Å². The van der Waals surface area contributed by atoms with Gasteiger partial charge in [-0.1, -0.05) is 6.07 Å². The molecule has 3 atom stereocenters. The second-order valence-electron chi connectivity index (χ2n) is 6.69. The Labute approximate surface area is 132 Å². The van der Waals surface area contributed by atoms with Crippen LogP contribution in [0.1, 0.15) is 51.8 Å². The molecule has 0 saturated carbocycles. The van der Waals surface area contributed by atoms with Crippen molar-refractivity contribution in [3.63, 3.8) is 0 Å². The molecule has 2 aromatic heterocycles. The van der Waals surface area contributed by atoms with Crippen molar-refractivity contribution >= 4 is 5.65 Å². The zero-order valence-corrected chi connectivity index (χ0v) is 13.8. The van der Waals surface area contributed by atoms with Crippen LogP contribution in [0.5, 0.6) is 0 Å². The van der Waals surface area contributed by atoms with E-state index in [1.54, 1.807) is 0 Å². The fourth-order valence-corrected chi connectivity index (χ4v) is 3.55. The van der Waals surface area contributed by atoms with Crippen LogP contribution in [0.2, 0.25) is 0 Å². The molecule has 1 fully saturated rings. The molecule has 4 heteroatoms. The molecular formula is C18H27N3O. The topological polar surface area (TPSA) is 38.6 Å². The van der Waals surface area contributed by atoms with Gasteiger partial charge in [-0.2, -0.15) is 0 Å². The maximum absolute atomic E-state index is 5.81. The molecule has 0 radical (unpaired) electrons. The van der Waals surface area contributed by atoms with Crippen LogP contribution in [0, 0.1) is 5.92 Å². The molecule has 1 aliphatic rings. The highest BCUT2D eigenvalue weighted by atomic mass is 16.5. The molecule has 0 bridgehead atoms. The first-order chi connectivity index (χ1) is 10.6. The monoisotopic (exact) mass is 301 g/mol. The number of ether oxygens (including phenoxy) is 1. The maximum atomic E-state index is 5.81. The van der Waals surface area contributed by atoms with E-state index in [0.717, 1.165) is 23.8 Å². The molecule has 0 amide bonds. The second kappa shape index (κ2) is 6.80. The van der Waals surface area contributed by atoms with E-state index in [9.17, 15) is 0 Å². The van der Waals surface area contributed by atoms with Crippen molar-refractivity contribution in [2.24, 2.45) is 5.92 Å². The van der Waals surface area contributed by atoms with Gasteiger partial charge < -0.3 is 14.5 Å². The minimum Gasteiger partial charge on any atom is -0.376 e. The van der Waals surface area contributed by atoms with Crippen molar-refractivity contribution in [3.8, 4) is 0 Å². The second-order valence-corrected chi connectivity index (χ2v) is 6.69. The van der Waals surface area contributed by atoms with Gasteiger partial charge in [0.05, 0.1) is 17.9 Å². The van der Waals surface area contributed by atoms with Crippen LogP contribution in [-0.2, 0) is 4.74 Å². The van der Waals surface area contributed by atoms with Crippen LogP contribution in [0.25, 0.3) is 5.65 Å².